The average molecular weight is 710 g/mol. The lowest BCUT2D eigenvalue weighted by atomic mass is 9.82. The molecule has 2 amide bonds. The van der Waals surface area contributed by atoms with Gasteiger partial charge in [-0.15, -0.1) is 0 Å². The molecule has 2 atom stereocenters. The molecule has 2 heterocycles. The van der Waals surface area contributed by atoms with E-state index in [1.165, 1.54) is 11.1 Å². The zero-order valence-corrected chi connectivity index (χ0v) is 30.8. The standard InChI is InChI=1S/C42H51N3O7/c1-27-22-28(2)29(3)38(23-27)52-20-18-30-8-10-31(11-9-30)36-24-32-25-44(39(46)6-5-7-40(47)48)26-37(43-32)41(36)42(49)45(33-12-13-33)19-21-51-35-16-14-34(50-4)15-17-35/h8-11,14-17,22-23,32-33,37,43H,5-7,12-13,18-21,24-26H2,1-4H3,(H,47,48)/t32-,37-/m1/s1. The molecule has 3 aliphatic rings. The van der Waals surface area contributed by atoms with Gasteiger partial charge in [0.05, 0.1) is 26.3 Å². The summed E-state index contributed by atoms with van der Waals surface area (Å²) in [6.07, 6.45) is 3.69. The molecule has 6 rings (SSSR count). The van der Waals surface area contributed by atoms with Crippen molar-refractivity contribution < 1.29 is 33.7 Å². The van der Waals surface area contributed by atoms with E-state index in [0.717, 1.165) is 53.0 Å². The molecule has 2 fully saturated rings. The molecule has 0 aromatic heterocycles. The fraction of sp³-hybridized carbons (Fsp3) is 0.452. The first-order valence-corrected chi connectivity index (χ1v) is 18.5. The predicted octanol–water partition coefficient (Wildman–Crippen LogP) is 5.89. The van der Waals surface area contributed by atoms with Crippen molar-refractivity contribution >= 4 is 23.4 Å². The second-order valence-corrected chi connectivity index (χ2v) is 14.3. The highest BCUT2D eigenvalue weighted by Crippen LogP contribution is 2.37. The third-order valence-electron chi connectivity index (χ3n) is 10.4. The van der Waals surface area contributed by atoms with Crippen LogP contribution in [0.2, 0.25) is 0 Å². The Labute approximate surface area is 306 Å². The van der Waals surface area contributed by atoms with Crippen LogP contribution in [-0.2, 0) is 20.8 Å². The Morgan fingerprint density at radius 2 is 1.63 bits per heavy atom. The van der Waals surface area contributed by atoms with Crippen molar-refractivity contribution in [2.75, 3.05) is 40.0 Å². The first-order chi connectivity index (χ1) is 25.1. The molecule has 1 saturated heterocycles. The van der Waals surface area contributed by atoms with Crippen LogP contribution in [0.15, 0.2) is 66.2 Å². The summed E-state index contributed by atoms with van der Waals surface area (Å²) in [5, 5.41) is 12.7. The van der Waals surface area contributed by atoms with E-state index in [9.17, 15) is 14.4 Å². The molecule has 0 radical (unpaired) electrons. The number of amides is 2. The summed E-state index contributed by atoms with van der Waals surface area (Å²) in [4.78, 5) is 42.8. The van der Waals surface area contributed by atoms with Crippen LogP contribution in [0.3, 0.4) is 0 Å². The van der Waals surface area contributed by atoms with Gasteiger partial charge >= 0.3 is 5.97 Å². The molecule has 2 N–H and O–H groups in total. The minimum Gasteiger partial charge on any atom is -0.497 e. The van der Waals surface area contributed by atoms with Crippen LogP contribution in [0.4, 0.5) is 0 Å². The van der Waals surface area contributed by atoms with Crippen molar-refractivity contribution in [2.45, 2.75) is 83.8 Å². The van der Waals surface area contributed by atoms with Gasteiger partial charge in [-0.3, -0.25) is 14.4 Å². The van der Waals surface area contributed by atoms with Crippen LogP contribution in [-0.4, -0.2) is 90.8 Å². The van der Waals surface area contributed by atoms with Crippen LogP contribution in [0.25, 0.3) is 5.57 Å². The molecule has 276 valence electrons. The molecule has 2 aliphatic heterocycles. The van der Waals surface area contributed by atoms with E-state index in [-0.39, 0.29) is 42.8 Å². The van der Waals surface area contributed by atoms with Crippen molar-refractivity contribution in [1.82, 2.24) is 15.1 Å². The average Bonchev–Trinajstić information content (AvgIpc) is 3.97. The smallest absolute Gasteiger partial charge is 0.303 e. The highest BCUT2D eigenvalue weighted by molar-refractivity contribution is 6.03. The van der Waals surface area contributed by atoms with Crippen molar-refractivity contribution in [2.24, 2.45) is 0 Å². The number of benzene rings is 3. The number of aryl methyl sites for hydroxylation is 2. The van der Waals surface area contributed by atoms with E-state index in [1.54, 1.807) is 7.11 Å². The lowest BCUT2D eigenvalue weighted by Crippen LogP contribution is -2.62. The van der Waals surface area contributed by atoms with Gasteiger partial charge in [0, 0.05) is 50.0 Å². The summed E-state index contributed by atoms with van der Waals surface area (Å²) in [7, 11) is 1.62. The zero-order chi connectivity index (χ0) is 36.8. The monoisotopic (exact) mass is 709 g/mol. The number of carboxylic acids is 1. The fourth-order valence-electron chi connectivity index (χ4n) is 7.35. The third kappa shape index (κ3) is 9.14. The first kappa shape index (κ1) is 36.9. The molecule has 3 aromatic carbocycles. The maximum atomic E-state index is 14.7. The van der Waals surface area contributed by atoms with Crippen LogP contribution < -0.4 is 19.5 Å². The van der Waals surface area contributed by atoms with E-state index in [2.05, 4.69) is 62.5 Å². The highest BCUT2D eigenvalue weighted by Gasteiger charge is 2.43. The Kier molecular flexibility index (Phi) is 11.8. The number of fused-ring (bicyclic) bond motifs is 2. The molecular formula is C42H51N3O7. The van der Waals surface area contributed by atoms with Gasteiger partial charge in [-0.05, 0) is 110 Å². The summed E-state index contributed by atoms with van der Waals surface area (Å²) in [5.74, 6) is 1.39. The van der Waals surface area contributed by atoms with Crippen LogP contribution >= 0.6 is 0 Å². The van der Waals surface area contributed by atoms with Gasteiger partial charge in [0.25, 0.3) is 5.91 Å². The normalized spacial score (nSPS) is 18.2. The molecule has 52 heavy (non-hydrogen) atoms. The van der Waals surface area contributed by atoms with Crippen LogP contribution in [0.1, 0.15) is 66.3 Å². The second-order valence-electron chi connectivity index (χ2n) is 14.3. The lowest BCUT2D eigenvalue weighted by Gasteiger charge is -2.45. The van der Waals surface area contributed by atoms with Gasteiger partial charge in [0.1, 0.15) is 23.9 Å². The molecular weight excluding hydrogens is 658 g/mol. The number of carbonyl (C=O) groups excluding carboxylic acids is 2. The number of piperazine rings is 1. The van der Waals surface area contributed by atoms with Gasteiger partial charge < -0.3 is 34.4 Å². The fourth-order valence-corrected chi connectivity index (χ4v) is 7.35. The number of hydrogen-bond acceptors (Lipinski definition) is 7. The molecule has 2 bridgehead atoms. The Morgan fingerprint density at radius 3 is 2.33 bits per heavy atom. The topological polar surface area (TPSA) is 118 Å². The van der Waals surface area contributed by atoms with Crippen molar-refractivity contribution in [3.63, 3.8) is 0 Å². The van der Waals surface area contributed by atoms with Gasteiger partial charge in [-0.2, -0.15) is 0 Å². The maximum absolute atomic E-state index is 14.7. The molecule has 0 spiro atoms. The SMILES string of the molecule is COc1ccc(OCCN(C(=O)C2=C(c3ccc(CCOc4cc(C)cc(C)c4C)cc3)C[C@@H]3CN(C(=O)CCCC(=O)O)C[C@H]2N3)C2CC2)cc1. The zero-order valence-electron chi connectivity index (χ0n) is 30.8. The Balaban J connectivity index is 1.21. The summed E-state index contributed by atoms with van der Waals surface area (Å²) in [6.45, 7) is 8.52. The maximum Gasteiger partial charge on any atom is 0.303 e. The van der Waals surface area contributed by atoms with Crippen LogP contribution in [0.5, 0.6) is 17.2 Å². The number of hydrogen-bond donors (Lipinski definition) is 2. The van der Waals surface area contributed by atoms with Gasteiger partial charge in [-0.25, -0.2) is 0 Å². The number of nitrogens with one attached hydrogen (secondary N) is 1. The molecule has 3 aromatic rings. The van der Waals surface area contributed by atoms with E-state index >= 15 is 0 Å². The minimum absolute atomic E-state index is 0.0180. The number of rotatable bonds is 16. The number of aliphatic carboxylic acids is 1. The molecule has 10 nitrogen and oxygen atoms in total. The molecule has 0 unspecified atom stereocenters. The van der Waals surface area contributed by atoms with E-state index in [4.69, 9.17) is 19.3 Å². The van der Waals surface area contributed by atoms with Crippen molar-refractivity contribution in [1.29, 1.82) is 0 Å². The summed E-state index contributed by atoms with van der Waals surface area (Å²) < 4.78 is 17.5. The number of carboxylic acid groups (broad SMARTS) is 1. The van der Waals surface area contributed by atoms with Gasteiger partial charge in [-0.1, -0.05) is 30.3 Å². The summed E-state index contributed by atoms with van der Waals surface area (Å²) in [5.41, 5.74) is 7.46. The number of nitrogens with zero attached hydrogens (tertiary/aromatic N) is 2. The van der Waals surface area contributed by atoms with E-state index in [1.807, 2.05) is 34.1 Å². The quantitative estimate of drug-likeness (QED) is 0.189. The van der Waals surface area contributed by atoms with E-state index in [0.29, 0.717) is 57.0 Å². The number of ether oxygens (including phenoxy) is 3. The Bertz CT molecular complexity index is 1780. The van der Waals surface area contributed by atoms with Crippen LogP contribution in [0, 0.1) is 20.8 Å². The third-order valence-corrected chi connectivity index (χ3v) is 10.4. The molecule has 1 aliphatic carbocycles. The number of methoxy groups -OCH3 is 1. The second kappa shape index (κ2) is 16.7. The summed E-state index contributed by atoms with van der Waals surface area (Å²) in [6, 6.07) is 20.0. The molecule has 1 saturated carbocycles. The largest absolute Gasteiger partial charge is 0.497 e. The minimum atomic E-state index is -0.906. The Morgan fingerprint density at radius 1 is 0.904 bits per heavy atom. The Hall–Kier alpha value is -4.83. The van der Waals surface area contributed by atoms with Gasteiger partial charge in [0.2, 0.25) is 5.91 Å². The molecule has 10 heteroatoms. The van der Waals surface area contributed by atoms with Crippen molar-refractivity contribution in [3.8, 4) is 17.2 Å². The van der Waals surface area contributed by atoms with E-state index < -0.39 is 5.97 Å². The lowest BCUT2D eigenvalue weighted by molar-refractivity contribution is -0.138. The highest BCUT2D eigenvalue weighted by atomic mass is 16.5. The first-order valence-electron chi connectivity index (χ1n) is 18.5. The predicted molar refractivity (Wildman–Crippen MR) is 200 cm³/mol. The van der Waals surface area contributed by atoms with Crippen molar-refractivity contribution in [3.05, 3.63) is 94.1 Å². The number of carbonyl (C=O) groups is 3. The van der Waals surface area contributed by atoms with Gasteiger partial charge in [0.15, 0.2) is 0 Å². The summed E-state index contributed by atoms with van der Waals surface area (Å²) >= 11 is 0.